The quantitative estimate of drug-likeness (QED) is 0.658. The highest BCUT2D eigenvalue weighted by Gasteiger charge is 2.41. The van der Waals surface area contributed by atoms with E-state index in [-0.39, 0.29) is 11.8 Å². The lowest BCUT2D eigenvalue weighted by atomic mass is 9.98. The van der Waals surface area contributed by atoms with Crippen LogP contribution in [-0.4, -0.2) is 72.5 Å². The normalized spacial score (nSPS) is 19.6. The summed E-state index contributed by atoms with van der Waals surface area (Å²) in [5.41, 5.74) is 4.47. The van der Waals surface area contributed by atoms with Crippen LogP contribution in [0.15, 0.2) is 60.3 Å². The van der Waals surface area contributed by atoms with Crippen LogP contribution in [0.5, 0.6) is 0 Å². The van der Waals surface area contributed by atoms with Crippen LogP contribution in [0.3, 0.4) is 0 Å². The van der Waals surface area contributed by atoms with Crippen LogP contribution in [0.25, 0.3) is 5.57 Å². The molecule has 2 aromatic rings. The second-order valence-electron chi connectivity index (χ2n) is 8.60. The summed E-state index contributed by atoms with van der Waals surface area (Å²) in [4.78, 5) is 32.9. The van der Waals surface area contributed by atoms with E-state index in [1.807, 2.05) is 36.4 Å². The molecule has 0 aliphatic carbocycles. The average Bonchev–Trinajstić information content (AvgIpc) is 3.10. The zero-order chi connectivity index (χ0) is 21.9. The Hall–Kier alpha value is -2.96. The third-order valence-corrected chi connectivity index (χ3v) is 6.61. The number of hydrogen-bond acceptors (Lipinski definition) is 5. The lowest BCUT2D eigenvalue weighted by Crippen LogP contribution is -2.40. The number of amides is 2. The van der Waals surface area contributed by atoms with Crippen molar-refractivity contribution in [3.8, 4) is 0 Å². The van der Waals surface area contributed by atoms with E-state index in [4.69, 9.17) is 4.74 Å². The summed E-state index contributed by atoms with van der Waals surface area (Å²) in [6.45, 7) is 6.03. The van der Waals surface area contributed by atoms with Crippen LogP contribution in [0.1, 0.15) is 23.1 Å². The van der Waals surface area contributed by atoms with E-state index in [2.05, 4.69) is 28.0 Å². The zero-order valence-corrected chi connectivity index (χ0v) is 18.3. The molecule has 0 aromatic heterocycles. The number of ether oxygens (including phenoxy) is 1. The first-order chi connectivity index (χ1) is 15.7. The van der Waals surface area contributed by atoms with Gasteiger partial charge in [0.2, 0.25) is 0 Å². The van der Waals surface area contributed by atoms with E-state index in [9.17, 15) is 9.59 Å². The van der Waals surface area contributed by atoms with Gasteiger partial charge in [0.1, 0.15) is 5.70 Å². The Labute approximate surface area is 189 Å². The lowest BCUT2D eigenvalue weighted by Gasteiger charge is -2.31. The average molecular weight is 432 g/mol. The summed E-state index contributed by atoms with van der Waals surface area (Å²) in [7, 11) is 0. The Balaban J connectivity index is 1.39. The van der Waals surface area contributed by atoms with Crippen LogP contribution in [0.4, 0.5) is 0 Å². The Morgan fingerprint density at radius 3 is 2.28 bits per heavy atom. The maximum Gasteiger partial charge on any atom is 0.277 e. The van der Waals surface area contributed by atoms with Crippen LogP contribution >= 0.6 is 0 Å². The minimum atomic E-state index is -0.169. The number of imide groups is 1. The van der Waals surface area contributed by atoms with Crippen molar-refractivity contribution in [1.29, 1.82) is 0 Å². The van der Waals surface area contributed by atoms with Gasteiger partial charge in [-0.1, -0.05) is 54.6 Å². The van der Waals surface area contributed by atoms with Crippen LogP contribution < -0.4 is 0 Å². The number of carbonyl (C=O) groups excluding carboxylic acids is 2. The summed E-state index contributed by atoms with van der Waals surface area (Å²) in [6.07, 6.45) is 1.65. The molecule has 166 valence electrons. The van der Waals surface area contributed by atoms with Gasteiger partial charge >= 0.3 is 0 Å². The zero-order valence-electron chi connectivity index (χ0n) is 18.3. The van der Waals surface area contributed by atoms with Gasteiger partial charge in [0.15, 0.2) is 0 Å². The van der Waals surface area contributed by atoms with Crippen molar-refractivity contribution in [3.05, 3.63) is 77.0 Å². The smallest absolute Gasteiger partial charge is 0.277 e. The third-order valence-electron chi connectivity index (χ3n) is 6.61. The number of morpholine rings is 1. The molecule has 6 nitrogen and oxygen atoms in total. The number of carbonyl (C=O) groups is 2. The summed E-state index contributed by atoms with van der Waals surface area (Å²) in [6, 6.07) is 18.0. The molecule has 0 saturated carbocycles. The standard InChI is InChI=1S/C26H29N3O3/c30-25-23(21-8-2-1-3-9-21)24(28-14-11-20-7-4-5-10-22(20)19-28)26(31)29(25)13-6-12-27-15-17-32-18-16-27/h1-5,7-10H,6,11-19H2. The van der Waals surface area contributed by atoms with Gasteiger partial charge in [0.05, 0.1) is 18.8 Å². The Morgan fingerprint density at radius 1 is 0.781 bits per heavy atom. The number of hydrogen-bond donors (Lipinski definition) is 0. The number of rotatable bonds is 6. The number of fused-ring (bicyclic) bond motifs is 1. The highest BCUT2D eigenvalue weighted by Crippen LogP contribution is 2.34. The Morgan fingerprint density at radius 2 is 1.50 bits per heavy atom. The molecule has 0 unspecified atom stereocenters. The van der Waals surface area contributed by atoms with Gasteiger partial charge in [-0.15, -0.1) is 0 Å². The minimum Gasteiger partial charge on any atom is -0.379 e. The van der Waals surface area contributed by atoms with Gasteiger partial charge in [0.25, 0.3) is 11.8 Å². The van der Waals surface area contributed by atoms with Gasteiger partial charge in [-0.25, -0.2) is 0 Å². The lowest BCUT2D eigenvalue weighted by molar-refractivity contribution is -0.137. The SMILES string of the molecule is O=C1C(c2ccccc2)=C(N2CCc3ccccc3C2)C(=O)N1CCCN1CCOCC1. The van der Waals surface area contributed by atoms with Crippen molar-refractivity contribution < 1.29 is 14.3 Å². The van der Waals surface area contributed by atoms with Gasteiger partial charge in [-0.05, 0) is 29.5 Å². The third kappa shape index (κ3) is 4.08. The molecule has 0 bridgehead atoms. The molecule has 3 aliphatic rings. The van der Waals surface area contributed by atoms with Crippen molar-refractivity contribution >= 4 is 17.4 Å². The highest BCUT2D eigenvalue weighted by atomic mass is 16.5. The first kappa shape index (κ1) is 20.9. The van der Waals surface area contributed by atoms with Gasteiger partial charge < -0.3 is 9.64 Å². The van der Waals surface area contributed by atoms with Gasteiger partial charge in [0, 0.05) is 39.3 Å². The number of benzene rings is 2. The van der Waals surface area contributed by atoms with E-state index in [1.165, 1.54) is 16.0 Å². The van der Waals surface area contributed by atoms with Crippen molar-refractivity contribution in [3.63, 3.8) is 0 Å². The fourth-order valence-corrected chi connectivity index (χ4v) is 4.89. The fraction of sp³-hybridized carbons (Fsp3) is 0.385. The maximum atomic E-state index is 13.6. The monoisotopic (exact) mass is 431 g/mol. The Kier molecular flexibility index (Phi) is 6.06. The fourth-order valence-electron chi connectivity index (χ4n) is 4.89. The summed E-state index contributed by atoms with van der Waals surface area (Å²) < 4.78 is 5.41. The predicted octanol–water partition coefficient (Wildman–Crippen LogP) is 2.55. The van der Waals surface area contributed by atoms with E-state index >= 15 is 0 Å². The molecule has 0 radical (unpaired) electrons. The molecule has 3 aliphatic heterocycles. The van der Waals surface area contributed by atoms with Gasteiger partial charge in [-0.2, -0.15) is 0 Å². The summed E-state index contributed by atoms with van der Waals surface area (Å²) in [5.74, 6) is -0.327. The predicted molar refractivity (Wildman–Crippen MR) is 123 cm³/mol. The molecule has 3 heterocycles. The van der Waals surface area contributed by atoms with E-state index < -0.39 is 0 Å². The van der Waals surface area contributed by atoms with E-state index in [0.29, 0.717) is 24.4 Å². The van der Waals surface area contributed by atoms with Crippen LogP contribution in [0.2, 0.25) is 0 Å². The molecule has 6 heteroatoms. The highest BCUT2D eigenvalue weighted by molar-refractivity contribution is 6.35. The first-order valence-corrected chi connectivity index (χ1v) is 11.5. The topological polar surface area (TPSA) is 53.1 Å². The molecule has 1 fully saturated rings. The molecule has 0 atom stereocenters. The molecular weight excluding hydrogens is 402 g/mol. The molecule has 1 saturated heterocycles. The molecule has 32 heavy (non-hydrogen) atoms. The molecule has 0 N–H and O–H groups in total. The molecule has 0 spiro atoms. The van der Waals surface area contributed by atoms with Crippen molar-refractivity contribution in [2.75, 3.05) is 45.9 Å². The second kappa shape index (κ2) is 9.27. The summed E-state index contributed by atoms with van der Waals surface area (Å²) in [5, 5.41) is 0. The van der Waals surface area contributed by atoms with Crippen molar-refractivity contribution in [2.45, 2.75) is 19.4 Å². The number of nitrogens with zero attached hydrogens (tertiary/aromatic N) is 3. The molecule has 5 rings (SSSR count). The van der Waals surface area contributed by atoms with E-state index in [0.717, 1.165) is 57.8 Å². The second-order valence-corrected chi connectivity index (χ2v) is 8.60. The maximum absolute atomic E-state index is 13.6. The molecule has 2 amide bonds. The molecular formula is C26H29N3O3. The van der Waals surface area contributed by atoms with Crippen molar-refractivity contribution in [2.24, 2.45) is 0 Å². The summed E-state index contributed by atoms with van der Waals surface area (Å²) >= 11 is 0. The minimum absolute atomic E-state index is 0.157. The Bertz CT molecular complexity index is 1030. The van der Waals surface area contributed by atoms with E-state index in [1.54, 1.807) is 0 Å². The van der Waals surface area contributed by atoms with Crippen LogP contribution in [0, 0.1) is 0 Å². The van der Waals surface area contributed by atoms with Gasteiger partial charge in [-0.3, -0.25) is 19.4 Å². The molecule has 2 aromatic carbocycles. The van der Waals surface area contributed by atoms with Crippen molar-refractivity contribution in [1.82, 2.24) is 14.7 Å². The largest absolute Gasteiger partial charge is 0.379 e. The van der Waals surface area contributed by atoms with Crippen LogP contribution in [-0.2, 0) is 27.3 Å². The first-order valence-electron chi connectivity index (χ1n) is 11.5.